The lowest BCUT2D eigenvalue weighted by Gasteiger charge is -2.24. The predicted octanol–water partition coefficient (Wildman–Crippen LogP) is 4.02. The van der Waals surface area contributed by atoms with Crippen molar-refractivity contribution < 1.29 is 23.8 Å². The van der Waals surface area contributed by atoms with Crippen molar-refractivity contribution in [1.82, 2.24) is 4.57 Å². The molecule has 0 bridgehead atoms. The Kier molecular flexibility index (Phi) is 6.72. The number of amides is 1. The zero-order chi connectivity index (χ0) is 22.7. The van der Waals surface area contributed by atoms with Gasteiger partial charge in [-0.25, -0.2) is 0 Å². The zero-order valence-electron chi connectivity index (χ0n) is 18.9. The number of rotatable bonds is 7. The van der Waals surface area contributed by atoms with Crippen LogP contribution in [0.3, 0.4) is 0 Å². The van der Waals surface area contributed by atoms with Gasteiger partial charge in [0.05, 0.1) is 19.1 Å². The van der Waals surface area contributed by atoms with Crippen LogP contribution in [0.25, 0.3) is 11.1 Å². The first-order valence-corrected chi connectivity index (χ1v) is 11.5. The lowest BCUT2D eigenvalue weighted by atomic mass is 9.89. The van der Waals surface area contributed by atoms with Crippen LogP contribution in [-0.4, -0.2) is 36.8 Å². The standard InChI is InChI=1S/C25H32N2O5/c1-16-23(25(26)29)24(18-8-10-20-21(14-18)32-13-12-31-20)19(9-11-22(28)30-2)27(16)15-17-6-4-3-5-7-17/h8,10,14,17H,3-7,9,11-13,15H2,1-2H3,(H2,26,29). The highest BCUT2D eigenvalue weighted by Gasteiger charge is 2.28. The van der Waals surface area contributed by atoms with Gasteiger partial charge >= 0.3 is 5.97 Å². The number of hydrogen-bond donors (Lipinski definition) is 1. The molecule has 1 aliphatic carbocycles. The third-order valence-corrected chi connectivity index (χ3v) is 6.67. The summed E-state index contributed by atoms with van der Waals surface area (Å²) < 4.78 is 18.5. The van der Waals surface area contributed by atoms with Gasteiger partial charge in [0, 0.05) is 23.5 Å². The molecular formula is C25H32N2O5. The van der Waals surface area contributed by atoms with Crippen molar-refractivity contribution in [3.8, 4) is 22.6 Å². The predicted molar refractivity (Wildman–Crippen MR) is 121 cm³/mol. The van der Waals surface area contributed by atoms with E-state index in [0.29, 0.717) is 42.6 Å². The molecule has 2 heterocycles. The van der Waals surface area contributed by atoms with E-state index in [1.54, 1.807) is 0 Å². The summed E-state index contributed by atoms with van der Waals surface area (Å²) in [5, 5.41) is 0. The number of aromatic nitrogens is 1. The van der Waals surface area contributed by atoms with Gasteiger partial charge in [0.15, 0.2) is 11.5 Å². The Bertz CT molecular complexity index is 1000. The highest BCUT2D eigenvalue weighted by atomic mass is 16.6. The molecule has 7 heteroatoms. The topological polar surface area (TPSA) is 92.8 Å². The van der Waals surface area contributed by atoms with Crippen LogP contribution in [0.5, 0.6) is 11.5 Å². The first-order chi connectivity index (χ1) is 15.5. The average molecular weight is 441 g/mol. The van der Waals surface area contributed by atoms with Crippen LogP contribution in [0.15, 0.2) is 18.2 Å². The molecule has 1 aromatic carbocycles. The van der Waals surface area contributed by atoms with Crippen molar-refractivity contribution in [2.45, 2.75) is 58.4 Å². The largest absolute Gasteiger partial charge is 0.486 e. The maximum absolute atomic E-state index is 12.6. The van der Waals surface area contributed by atoms with Crippen molar-refractivity contribution in [3.05, 3.63) is 35.2 Å². The SMILES string of the molecule is COC(=O)CCc1c(-c2ccc3c(c2)OCCO3)c(C(N)=O)c(C)n1CC1CCCCC1. The summed E-state index contributed by atoms with van der Waals surface area (Å²) in [4.78, 5) is 24.6. The lowest BCUT2D eigenvalue weighted by molar-refractivity contribution is -0.140. The Hall–Kier alpha value is -2.96. The molecule has 0 radical (unpaired) electrons. The number of hydrogen-bond acceptors (Lipinski definition) is 5. The van der Waals surface area contributed by atoms with Crippen LogP contribution in [0.1, 0.15) is 60.3 Å². The van der Waals surface area contributed by atoms with Crippen molar-refractivity contribution in [1.29, 1.82) is 0 Å². The quantitative estimate of drug-likeness (QED) is 0.657. The van der Waals surface area contributed by atoms with Crippen molar-refractivity contribution in [3.63, 3.8) is 0 Å². The average Bonchev–Trinajstić information content (AvgIpc) is 3.09. The van der Waals surface area contributed by atoms with Gasteiger partial charge in [0.1, 0.15) is 13.2 Å². The number of primary amides is 1. The van der Waals surface area contributed by atoms with Gasteiger partial charge < -0.3 is 24.5 Å². The van der Waals surface area contributed by atoms with Gasteiger partial charge in [0.2, 0.25) is 0 Å². The molecule has 2 aromatic rings. The summed E-state index contributed by atoms with van der Waals surface area (Å²) in [6.45, 7) is 3.77. The molecular weight excluding hydrogens is 408 g/mol. The van der Waals surface area contributed by atoms with E-state index in [4.69, 9.17) is 19.9 Å². The van der Waals surface area contributed by atoms with Crippen LogP contribution in [0.2, 0.25) is 0 Å². The van der Waals surface area contributed by atoms with Crippen LogP contribution in [0.4, 0.5) is 0 Å². The molecule has 0 atom stereocenters. The van der Waals surface area contributed by atoms with E-state index in [1.165, 1.54) is 39.2 Å². The molecule has 1 aromatic heterocycles. The molecule has 2 aliphatic rings. The van der Waals surface area contributed by atoms with Crippen molar-refractivity contribution >= 4 is 11.9 Å². The fourth-order valence-electron chi connectivity index (χ4n) is 5.07. The molecule has 0 saturated heterocycles. The summed E-state index contributed by atoms with van der Waals surface area (Å²) in [5.41, 5.74) is 9.83. The van der Waals surface area contributed by atoms with Gasteiger partial charge in [-0.05, 0) is 49.8 Å². The van der Waals surface area contributed by atoms with Gasteiger partial charge in [-0.3, -0.25) is 9.59 Å². The minimum atomic E-state index is -0.464. The van der Waals surface area contributed by atoms with Crippen LogP contribution in [0, 0.1) is 12.8 Å². The third kappa shape index (κ3) is 4.47. The van der Waals surface area contributed by atoms with Crippen LogP contribution in [-0.2, 0) is 22.5 Å². The molecule has 1 aliphatic heterocycles. The summed E-state index contributed by atoms with van der Waals surface area (Å²) >= 11 is 0. The number of nitrogens with zero attached hydrogens (tertiary/aromatic N) is 1. The fourth-order valence-corrected chi connectivity index (χ4v) is 5.07. The first kappa shape index (κ1) is 22.2. The molecule has 1 amide bonds. The second-order valence-corrected chi connectivity index (χ2v) is 8.70. The molecule has 1 fully saturated rings. The Morgan fingerprint density at radius 1 is 1.12 bits per heavy atom. The lowest BCUT2D eigenvalue weighted by Crippen LogP contribution is -2.18. The number of nitrogens with two attached hydrogens (primary N) is 1. The van der Waals surface area contributed by atoms with Gasteiger partial charge in [-0.1, -0.05) is 25.3 Å². The second-order valence-electron chi connectivity index (χ2n) is 8.70. The number of fused-ring (bicyclic) bond motifs is 1. The van der Waals surface area contributed by atoms with E-state index in [9.17, 15) is 9.59 Å². The zero-order valence-corrected chi connectivity index (χ0v) is 18.9. The Balaban J connectivity index is 1.82. The van der Waals surface area contributed by atoms with Crippen LogP contribution >= 0.6 is 0 Å². The molecule has 32 heavy (non-hydrogen) atoms. The highest BCUT2D eigenvalue weighted by Crippen LogP contribution is 2.40. The summed E-state index contributed by atoms with van der Waals surface area (Å²) in [5.74, 6) is 1.16. The maximum atomic E-state index is 12.6. The van der Waals surface area contributed by atoms with E-state index in [2.05, 4.69) is 4.57 Å². The van der Waals surface area contributed by atoms with Crippen molar-refractivity contribution in [2.75, 3.05) is 20.3 Å². The third-order valence-electron chi connectivity index (χ3n) is 6.67. The minimum Gasteiger partial charge on any atom is -0.486 e. The smallest absolute Gasteiger partial charge is 0.305 e. The minimum absolute atomic E-state index is 0.236. The number of benzene rings is 1. The van der Waals surface area contributed by atoms with E-state index >= 15 is 0 Å². The van der Waals surface area contributed by atoms with E-state index in [0.717, 1.165) is 29.1 Å². The number of carbonyl (C=O) groups excluding carboxylic acids is 2. The molecule has 7 nitrogen and oxygen atoms in total. The second kappa shape index (κ2) is 9.67. The monoisotopic (exact) mass is 440 g/mol. The molecule has 172 valence electrons. The Morgan fingerprint density at radius 2 is 1.84 bits per heavy atom. The number of ether oxygens (including phenoxy) is 3. The molecule has 0 spiro atoms. The maximum Gasteiger partial charge on any atom is 0.305 e. The number of esters is 1. The van der Waals surface area contributed by atoms with E-state index in [-0.39, 0.29) is 12.4 Å². The van der Waals surface area contributed by atoms with Gasteiger partial charge in [-0.2, -0.15) is 0 Å². The number of methoxy groups -OCH3 is 1. The summed E-state index contributed by atoms with van der Waals surface area (Å²) in [6, 6.07) is 5.70. The molecule has 4 rings (SSSR count). The molecule has 0 unspecified atom stereocenters. The fraction of sp³-hybridized carbons (Fsp3) is 0.520. The molecule has 2 N–H and O–H groups in total. The number of carbonyl (C=O) groups is 2. The highest BCUT2D eigenvalue weighted by molar-refractivity contribution is 6.02. The van der Waals surface area contributed by atoms with E-state index in [1.807, 2.05) is 25.1 Å². The Labute approximate surface area is 188 Å². The van der Waals surface area contributed by atoms with Gasteiger partial charge in [-0.15, -0.1) is 0 Å². The van der Waals surface area contributed by atoms with Crippen LogP contribution < -0.4 is 15.2 Å². The van der Waals surface area contributed by atoms with Gasteiger partial charge in [0.25, 0.3) is 5.91 Å². The Morgan fingerprint density at radius 3 is 2.53 bits per heavy atom. The van der Waals surface area contributed by atoms with E-state index < -0.39 is 5.91 Å². The summed E-state index contributed by atoms with van der Waals surface area (Å²) in [6.07, 6.45) is 6.82. The summed E-state index contributed by atoms with van der Waals surface area (Å²) in [7, 11) is 1.39. The molecule has 1 saturated carbocycles. The normalized spacial score (nSPS) is 16.1. The first-order valence-electron chi connectivity index (χ1n) is 11.5. The van der Waals surface area contributed by atoms with Crippen molar-refractivity contribution in [2.24, 2.45) is 11.7 Å².